The lowest BCUT2D eigenvalue weighted by Crippen LogP contribution is -2.26. The number of hydrogen-bond donors (Lipinski definition) is 3. The van der Waals surface area contributed by atoms with Gasteiger partial charge in [0.05, 0.1) is 11.1 Å². The lowest BCUT2D eigenvalue weighted by Gasteiger charge is -2.15. The standard InChI is InChI=1S/C20H18N4O2/c1-20(2)14-9-8-13(10-16(14)22-19(20)26)21-18(25)17-11-15(23-24-17)12-6-4-3-5-7-12/h3-11H,1-2H3,(H,21,25)(H,22,26)(H,23,24). The van der Waals surface area contributed by atoms with Crippen LogP contribution in [0.4, 0.5) is 11.4 Å². The third-order valence-electron chi connectivity index (χ3n) is 4.66. The maximum absolute atomic E-state index is 12.5. The third-order valence-corrected chi connectivity index (χ3v) is 4.66. The summed E-state index contributed by atoms with van der Waals surface area (Å²) in [5.41, 5.74) is 3.72. The number of carbonyl (C=O) groups excluding carboxylic acids is 2. The molecule has 4 rings (SSSR count). The van der Waals surface area contributed by atoms with Crippen molar-refractivity contribution in [2.45, 2.75) is 19.3 Å². The lowest BCUT2D eigenvalue weighted by molar-refractivity contribution is -0.119. The van der Waals surface area contributed by atoms with E-state index in [0.29, 0.717) is 17.1 Å². The SMILES string of the molecule is CC1(C)C(=O)Nc2cc(NC(=O)c3cc(-c4ccccc4)n[nH]3)ccc21. The molecule has 2 amide bonds. The number of aromatic amines is 1. The number of nitrogens with zero attached hydrogens (tertiary/aromatic N) is 1. The summed E-state index contributed by atoms with van der Waals surface area (Å²) in [6, 6.07) is 16.8. The number of aromatic nitrogens is 2. The summed E-state index contributed by atoms with van der Waals surface area (Å²) in [5, 5.41) is 12.6. The number of benzene rings is 2. The molecule has 6 heteroatoms. The van der Waals surface area contributed by atoms with Gasteiger partial charge in [-0.25, -0.2) is 0 Å². The number of hydrogen-bond acceptors (Lipinski definition) is 3. The Balaban J connectivity index is 1.54. The highest BCUT2D eigenvalue weighted by Gasteiger charge is 2.38. The molecule has 0 atom stereocenters. The van der Waals surface area contributed by atoms with Gasteiger partial charge in [0.2, 0.25) is 5.91 Å². The van der Waals surface area contributed by atoms with Gasteiger partial charge < -0.3 is 10.6 Å². The first-order valence-corrected chi connectivity index (χ1v) is 8.33. The van der Waals surface area contributed by atoms with Crippen molar-refractivity contribution in [3.63, 3.8) is 0 Å². The van der Waals surface area contributed by atoms with E-state index in [9.17, 15) is 9.59 Å². The summed E-state index contributed by atoms with van der Waals surface area (Å²) < 4.78 is 0. The summed E-state index contributed by atoms with van der Waals surface area (Å²) >= 11 is 0. The lowest BCUT2D eigenvalue weighted by atomic mass is 9.86. The Kier molecular flexibility index (Phi) is 3.61. The molecule has 1 aliphatic heterocycles. The first-order valence-electron chi connectivity index (χ1n) is 8.33. The van der Waals surface area contributed by atoms with E-state index in [1.54, 1.807) is 18.2 Å². The van der Waals surface area contributed by atoms with Crippen molar-refractivity contribution in [3.05, 3.63) is 65.9 Å². The Hall–Kier alpha value is -3.41. The van der Waals surface area contributed by atoms with Crippen LogP contribution in [-0.4, -0.2) is 22.0 Å². The van der Waals surface area contributed by atoms with Crippen LogP contribution in [0.15, 0.2) is 54.6 Å². The number of H-pyrrole nitrogens is 1. The van der Waals surface area contributed by atoms with Crippen molar-refractivity contribution < 1.29 is 9.59 Å². The van der Waals surface area contributed by atoms with Crippen LogP contribution in [0, 0.1) is 0 Å². The smallest absolute Gasteiger partial charge is 0.273 e. The van der Waals surface area contributed by atoms with Gasteiger partial charge in [0.25, 0.3) is 5.91 Å². The number of fused-ring (bicyclic) bond motifs is 1. The highest BCUT2D eigenvalue weighted by Crippen LogP contribution is 2.38. The van der Waals surface area contributed by atoms with Crippen LogP contribution >= 0.6 is 0 Å². The van der Waals surface area contributed by atoms with Gasteiger partial charge in [-0.1, -0.05) is 36.4 Å². The van der Waals surface area contributed by atoms with Gasteiger partial charge in [0, 0.05) is 16.9 Å². The van der Waals surface area contributed by atoms with Gasteiger partial charge in [-0.15, -0.1) is 0 Å². The van der Waals surface area contributed by atoms with Crippen LogP contribution in [0.2, 0.25) is 0 Å². The molecule has 1 aliphatic rings. The molecule has 130 valence electrons. The maximum Gasteiger partial charge on any atom is 0.273 e. The fourth-order valence-electron chi connectivity index (χ4n) is 3.06. The van der Waals surface area contributed by atoms with Crippen molar-refractivity contribution >= 4 is 23.2 Å². The molecule has 0 spiro atoms. The van der Waals surface area contributed by atoms with Crippen LogP contribution in [0.5, 0.6) is 0 Å². The zero-order valence-electron chi connectivity index (χ0n) is 14.5. The molecule has 6 nitrogen and oxygen atoms in total. The van der Waals surface area contributed by atoms with E-state index in [4.69, 9.17) is 0 Å². The first-order chi connectivity index (χ1) is 12.4. The molecule has 0 saturated heterocycles. The topological polar surface area (TPSA) is 86.9 Å². The Morgan fingerprint density at radius 2 is 1.85 bits per heavy atom. The zero-order valence-corrected chi connectivity index (χ0v) is 14.5. The fourth-order valence-corrected chi connectivity index (χ4v) is 3.06. The Bertz CT molecular complexity index is 1010. The number of rotatable bonds is 3. The maximum atomic E-state index is 12.5. The molecule has 0 unspecified atom stereocenters. The van der Waals surface area contributed by atoms with E-state index in [0.717, 1.165) is 16.8 Å². The van der Waals surface area contributed by atoms with E-state index < -0.39 is 5.41 Å². The highest BCUT2D eigenvalue weighted by molar-refractivity contribution is 6.07. The molecule has 0 fully saturated rings. The van der Waals surface area contributed by atoms with Crippen molar-refractivity contribution in [1.82, 2.24) is 10.2 Å². The highest BCUT2D eigenvalue weighted by atomic mass is 16.2. The Morgan fingerprint density at radius 1 is 1.08 bits per heavy atom. The third kappa shape index (κ3) is 2.65. The number of amides is 2. The molecule has 3 N–H and O–H groups in total. The quantitative estimate of drug-likeness (QED) is 0.678. The predicted octanol–water partition coefficient (Wildman–Crippen LogP) is 3.56. The number of nitrogens with one attached hydrogen (secondary N) is 3. The van der Waals surface area contributed by atoms with Gasteiger partial charge in [-0.2, -0.15) is 5.10 Å². The van der Waals surface area contributed by atoms with Crippen LogP contribution in [-0.2, 0) is 10.2 Å². The normalized spacial score (nSPS) is 14.6. The van der Waals surface area contributed by atoms with Crippen LogP contribution < -0.4 is 10.6 Å². The molecular formula is C20H18N4O2. The van der Waals surface area contributed by atoms with Crippen LogP contribution in [0.1, 0.15) is 29.9 Å². The number of anilines is 2. The monoisotopic (exact) mass is 346 g/mol. The molecule has 2 aromatic carbocycles. The average Bonchev–Trinajstić information content (AvgIpc) is 3.20. The second kappa shape index (κ2) is 5.84. The predicted molar refractivity (Wildman–Crippen MR) is 100 cm³/mol. The van der Waals surface area contributed by atoms with E-state index in [-0.39, 0.29) is 11.8 Å². The van der Waals surface area contributed by atoms with Gasteiger partial charge in [-0.05, 0) is 37.6 Å². The Morgan fingerprint density at radius 3 is 2.62 bits per heavy atom. The summed E-state index contributed by atoms with van der Waals surface area (Å²) in [7, 11) is 0. The molecule has 0 radical (unpaired) electrons. The fraction of sp³-hybridized carbons (Fsp3) is 0.150. The van der Waals surface area contributed by atoms with Crippen molar-refractivity contribution in [1.29, 1.82) is 0 Å². The molecule has 0 saturated carbocycles. The zero-order chi connectivity index (χ0) is 18.3. The average molecular weight is 346 g/mol. The van der Waals surface area contributed by atoms with E-state index in [1.165, 1.54) is 0 Å². The van der Waals surface area contributed by atoms with Gasteiger partial charge in [0.15, 0.2) is 0 Å². The molecular weight excluding hydrogens is 328 g/mol. The minimum absolute atomic E-state index is 0.0444. The molecule has 26 heavy (non-hydrogen) atoms. The summed E-state index contributed by atoms with van der Waals surface area (Å²) in [5.74, 6) is -0.333. The second-order valence-electron chi connectivity index (χ2n) is 6.83. The van der Waals surface area contributed by atoms with Crippen LogP contribution in [0.3, 0.4) is 0 Å². The summed E-state index contributed by atoms with van der Waals surface area (Å²) in [4.78, 5) is 24.5. The molecule has 0 aliphatic carbocycles. The molecule has 2 heterocycles. The van der Waals surface area contributed by atoms with E-state index in [1.807, 2.05) is 50.2 Å². The van der Waals surface area contributed by atoms with Crippen LogP contribution in [0.25, 0.3) is 11.3 Å². The number of carbonyl (C=O) groups is 2. The van der Waals surface area contributed by atoms with E-state index in [2.05, 4.69) is 20.8 Å². The minimum Gasteiger partial charge on any atom is -0.325 e. The van der Waals surface area contributed by atoms with Crippen molar-refractivity contribution in [2.75, 3.05) is 10.6 Å². The summed E-state index contributed by atoms with van der Waals surface area (Å²) in [6.07, 6.45) is 0. The molecule has 1 aromatic heterocycles. The second-order valence-corrected chi connectivity index (χ2v) is 6.83. The summed E-state index contributed by atoms with van der Waals surface area (Å²) in [6.45, 7) is 3.75. The van der Waals surface area contributed by atoms with Gasteiger partial charge >= 0.3 is 0 Å². The first kappa shape index (κ1) is 16.1. The Labute approximate surface area is 150 Å². The van der Waals surface area contributed by atoms with E-state index >= 15 is 0 Å². The largest absolute Gasteiger partial charge is 0.325 e. The van der Waals surface area contributed by atoms with Crippen molar-refractivity contribution in [2.24, 2.45) is 0 Å². The molecule has 3 aromatic rings. The van der Waals surface area contributed by atoms with Gasteiger partial charge in [-0.3, -0.25) is 14.7 Å². The van der Waals surface area contributed by atoms with Gasteiger partial charge in [0.1, 0.15) is 5.69 Å². The molecule has 0 bridgehead atoms. The minimum atomic E-state index is -0.564. The van der Waals surface area contributed by atoms with Crippen molar-refractivity contribution in [3.8, 4) is 11.3 Å².